The number of nitrogens with one attached hydrogen (secondary N) is 1. The molecule has 0 fully saturated rings. The highest BCUT2D eigenvalue weighted by molar-refractivity contribution is 6.07. The molecule has 0 atom stereocenters. The summed E-state index contributed by atoms with van der Waals surface area (Å²) in [5.74, 6) is 0. The number of aromatic amines is 1. The average Bonchev–Trinajstić information content (AvgIpc) is 2.54. The molecular formula is C9H11N3. The van der Waals surface area contributed by atoms with E-state index in [4.69, 9.17) is 0 Å². The molecule has 0 unspecified atom stereocenters. The summed E-state index contributed by atoms with van der Waals surface area (Å²) >= 11 is 0. The summed E-state index contributed by atoms with van der Waals surface area (Å²) in [4.78, 5) is 4.36. The van der Waals surface area contributed by atoms with Gasteiger partial charge in [0.25, 0.3) is 0 Å². The van der Waals surface area contributed by atoms with Crippen LogP contribution in [0.25, 0.3) is 0 Å². The van der Waals surface area contributed by atoms with Gasteiger partial charge in [0, 0.05) is 12.2 Å². The van der Waals surface area contributed by atoms with Gasteiger partial charge < -0.3 is 0 Å². The predicted molar refractivity (Wildman–Crippen MR) is 48.5 cm³/mol. The molecule has 12 heavy (non-hydrogen) atoms. The van der Waals surface area contributed by atoms with Crippen LogP contribution >= 0.6 is 0 Å². The van der Waals surface area contributed by atoms with Crippen molar-refractivity contribution in [3.8, 4) is 0 Å². The lowest BCUT2D eigenvalue weighted by Gasteiger charge is -2.01. The maximum absolute atomic E-state index is 4.36. The maximum atomic E-state index is 4.36. The van der Waals surface area contributed by atoms with Crippen molar-refractivity contribution in [1.82, 2.24) is 10.2 Å². The van der Waals surface area contributed by atoms with E-state index in [2.05, 4.69) is 21.3 Å². The van der Waals surface area contributed by atoms with Gasteiger partial charge >= 0.3 is 0 Å². The van der Waals surface area contributed by atoms with Crippen molar-refractivity contribution in [2.24, 2.45) is 4.99 Å². The van der Waals surface area contributed by atoms with E-state index >= 15 is 0 Å². The maximum Gasteiger partial charge on any atom is 0.110 e. The average molecular weight is 161 g/mol. The van der Waals surface area contributed by atoms with Crippen molar-refractivity contribution >= 4 is 5.71 Å². The second-order valence-electron chi connectivity index (χ2n) is 2.89. The molecule has 2 rings (SSSR count). The molecular weight excluding hydrogens is 150 g/mol. The summed E-state index contributed by atoms with van der Waals surface area (Å²) in [6, 6.07) is 2.01. The van der Waals surface area contributed by atoms with Crippen LogP contribution < -0.4 is 0 Å². The molecule has 1 aliphatic heterocycles. The van der Waals surface area contributed by atoms with Crippen molar-refractivity contribution in [3.63, 3.8) is 0 Å². The minimum Gasteiger partial charge on any atom is -0.283 e. The number of aryl methyl sites for hydroxylation is 1. The quantitative estimate of drug-likeness (QED) is 0.665. The third-order valence-electron chi connectivity index (χ3n) is 1.82. The number of aliphatic imine (C=N–C) groups is 1. The molecule has 0 radical (unpaired) electrons. The first-order valence-corrected chi connectivity index (χ1v) is 4.09. The van der Waals surface area contributed by atoms with Gasteiger partial charge in [-0.05, 0) is 25.5 Å². The minimum atomic E-state index is 0.887. The fourth-order valence-electron chi connectivity index (χ4n) is 1.22. The van der Waals surface area contributed by atoms with E-state index in [1.54, 1.807) is 0 Å². The van der Waals surface area contributed by atoms with Crippen LogP contribution in [0.5, 0.6) is 0 Å². The van der Waals surface area contributed by atoms with Gasteiger partial charge in [-0.25, -0.2) is 0 Å². The van der Waals surface area contributed by atoms with Gasteiger partial charge in [-0.1, -0.05) is 6.08 Å². The van der Waals surface area contributed by atoms with Crippen LogP contribution in [0, 0.1) is 6.92 Å². The molecule has 0 saturated carbocycles. The number of allylic oxidation sites excluding steroid dienone is 1. The standard InChI is InChI=1S/C9H11N3/c1-7-6-9(12-11-7)8-4-2-3-5-10-8/h2,4,6H,3,5H2,1H3,(H,11,12). The van der Waals surface area contributed by atoms with E-state index in [-0.39, 0.29) is 0 Å². The molecule has 0 spiro atoms. The molecule has 3 nitrogen and oxygen atoms in total. The van der Waals surface area contributed by atoms with Gasteiger partial charge in [-0.2, -0.15) is 5.10 Å². The van der Waals surface area contributed by atoms with E-state index in [1.807, 2.05) is 19.1 Å². The fourth-order valence-corrected chi connectivity index (χ4v) is 1.22. The van der Waals surface area contributed by atoms with Crippen LogP contribution in [-0.4, -0.2) is 22.5 Å². The molecule has 1 N–H and O–H groups in total. The van der Waals surface area contributed by atoms with Gasteiger partial charge in [0.05, 0.1) is 5.71 Å². The molecule has 3 heteroatoms. The highest BCUT2D eigenvalue weighted by atomic mass is 15.1. The first-order chi connectivity index (χ1) is 5.86. The van der Waals surface area contributed by atoms with E-state index in [1.165, 1.54) is 0 Å². The number of aromatic nitrogens is 2. The molecule has 0 bridgehead atoms. The Kier molecular flexibility index (Phi) is 1.78. The monoisotopic (exact) mass is 161 g/mol. The Bertz CT molecular complexity index is 333. The highest BCUT2D eigenvalue weighted by Gasteiger charge is 2.05. The Morgan fingerprint density at radius 2 is 2.42 bits per heavy atom. The Balaban J connectivity index is 2.30. The number of hydrogen-bond acceptors (Lipinski definition) is 2. The predicted octanol–water partition coefficient (Wildman–Crippen LogP) is 1.47. The zero-order valence-electron chi connectivity index (χ0n) is 7.04. The molecule has 0 aliphatic carbocycles. The van der Waals surface area contributed by atoms with Gasteiger partial charge in [-0.15, -0.1) is 0 Å². The van der Waals surface area contributed by atoms with Gasteiger partial charge in [0.15, 0.2) is 0 Å². The van der Waals surface area contributed by atoms with E-state index in [0.29, 0.717) is 0 Å². The molecule has 62 valence electrons. The number of rotatable bonds is 1. The summed E-state index contributed by atoms with van der Waals surface area (Å²) in [5, 5.41) is 7.03. The highest BCUT2D eigenvalue weighted by Crippen LogP contribution is 2.05. The van der Waals surface area contributed by atoms with Crippen molar-refractivity contribution in [1.29, 1.82) is 0 Å². The van der Waals surface area contributed by atoms with E-state index < -0.39 is 0 Å². The van der Waals surface area contributed by atoms with Crippen LogP contribution in [0.15, 0.2) is 23.2 Å². The Hall–Kier alpha value is -1.38. The van der Waals surface area contributed by atoms with Crippen molar-refractivity contribution in [2.75, 3.05) is 6.54 Å². The topological polar surface area (TPSA) is 41.0 Å². The van der Waals surface area contributed by atoms with Crippen molar-refractivity contribution in [3.05, 3.63) is 29.6 Å². The lowest BCUT2D eigenvalue weighted by molar-refractivity contribution is 0.984. The van der Waals surface area contributed by atoms with E-state index in [0.717, 1.165) is 30.1 Å². The van der Waals surface area contributed by atoms with Gasteiger partial charge in [-0.3, -0.25) is 10.1 Å². The molecule has 1 aromatic heterocycles. The SMILES string of the molecule is Cc1cc(C2=NCCC=C2)n[nH]1. The lowest BCUT2D eigenvalue weighted by Crippen LogP contribution is -2.02. The Morgan fingerprint density at radius 1 is 1.50 bits per heavy atom. The summed E-state index contributed by atoms with van der Waals surface area (Å²) in [7, 11) is 0. The third kappa shape index (κ3) is 1.30. The third-order valence-corrected chi connectivity index (χ3v) is 1.82. The van der Waals surface area contributed by atoms with Crippen LogP contribution in [0.3, 0.4) is 0 Å². The zero-order chi connectivity index (χ0) is 8.39. The van der Waals surface area contributed by atoms with Gasteiger partial charge in [0.2, 0.25) is 0 Å². The van der Waals surface area contributed by atoms with Crippen molar-refractivity contribution in [2.45, 2.75) is 13.3 Å². The first kappa shape index (κ1) is 7.28. The largest absolute Gasteiger partial charge is 0.283 e. The normalized spacial score (nSPS) is 16.2. The second-order valence-corrected chi connectivity index (χ2v) is 2.89. The summed E-state index contributed by atoms with van der Waals surface area (Å²) in [6.45, 7) is 2.88. The Labute approximate surface area is 71.2 Å². The zero-order valence-corrected chi connectivity index (χ0v) is 7.04. The van der Waals surface area contributed by atoms with Gasteiger partial charge in [0.1, 0.15) is 5.69 Å². The molecule has 1 aromatic rings. The number of nitrogens with zero attached hydrogens (tertiary/aromatic N) is 2. The number of dihydropyridines is 1. The van der Waals surface area contributed by atoms with Crippen LogP contribution in [0.1, 0.15) is 17.8 Å². The molecule has 1 aliphatic rings. The lowest BCUT2D eigenvalue weighted by atomic mass is 10.2. The first-order valence-electron chi connectivity index (χ1n) is 4.09. The summed E-state index contributed by atoms with van der Waals surface area (Å²) in [6.07, 6.45) is 5.21. The van der Waals surface area contributed by atoms with Crippen LogP contribution in [-0.2, 0) is 0 Å². The number of H-pyrrole nitrogens is 1. The smallest absolute Gasteiger partial charge is 0.110 e. The van der Waals surface area contributed by atoms with Crippen LogP contribution in [0.4, 0.5) is 0 Å². The molecule has 0 saturated heterocycles. The molecule has 0 amide bonds. The second kappa shape index (κ2) is 2.93. The molecule has 2 heterocycles. The Morgan fingerprint density at radius 3 is 3.00 bits per heavy atom. The molecule has 0 aromatic carbocycles. The minimum absolute atomic E-state index is 0.887. The number of hydrogen-bond donors (Lipinski definition) is 1. The van der Waals surface area contributed by atoms with Crippen LogP contribution in [0.2, 0.25) is 0 Å². The summed E-state index contributed by atoms with van der Waals surface area (Å²) in [5.41, 5.74) is 3.01. The van der Waals surface area contributed by atoms with Crippen molar-refractivity contribution < 1.29 is 0 Å². The van der Waals surface area contributed by atoms with E-state index in [9.17, 15) is 0 Å². The summed E-state index contributed by atoms with van der Waals surface area (Å²) < 4.78 is 0. The fraction of sp³-hybridized carbons (Fsp3) is 0.333.